The Morgan fingerprint density at radius 3 is 2.63 bits per heavy atom. The van der Waals surface area contributed by atoms with E-state index < -0.39 is 5.60 Å². The first-order valence-corrected chi connectivity index (χ1v) is 9.65. The van der Waals surface area contributed by atoms with Gasteiger partial charge >= 0.3 is 5.97 Å². The molecule has 0 aromatic heterocycles. The van der Waals surface area contributed by atoms with Crippen LogP contribution in [-0.4, -0.2) is 36.6 Å². The van der Waals surface area contributed by atoms with Crippen molar-refractivity contribution < 1.29 is 14.6 Å². The summed E-state index contributed by atoms with van der Waals surface area (Å²) in [6, 6.07) is 14.7. The fourth-order valence-electron chi connectivity index (χ4n) is 3.98. The second-order valence-corrected chi connectivity index (χ2v) is 7.91. The van der Waals surface area contributed by atoms with Crippen molar-refractivity contribution in [3.63, 3.8) is 0 Å². The molecule has 2 aromatic carbocycles. The maximum absolute atomic E-state index is 12.4. The Bertz CT molecular complexity index is 784. The molecule has 1 N–H and O–H groups in total. The lowest BCUT2D eigenvalue weighted by molar-refractivity contribution is -0.0619. The first kappa shape index (κ1) is 19.6. The number of ether oxygens (including phenoxy) is 1. The molecule has 4 nitrogen and oxygen atoms in total. The van der Waals surface area contributed by atoms with E-state index in [2.05, 4.69) is 4.90 Å². The predicted molar refractivity (Wildman–Crippen MR) is 107 cm³/mol. The Morgan fingerprint density at radius 1 is 1.19 bits per heavy atom. The Hall–Kier alpha value is -2.17. The zero-order valence-electron chi connectivity index (χ0n) is 16.4. The number of hydrogen-bond acceptors (Lipinski definition) is 4. The molecule has 1 saturated carbocycles. The van der Waals surface area contributed by atoms with Crippen molar-refractivity contribution in [2.75, 3.05) is 20.6 Å². The normalized spacial score (nSPS) is 22.6. The van der Waals surface area contributed by atoms with Gasteiger partial charge in [-0.25, -0.2) is 4.79 Å². The highest BCUT2D eigenvalue weighted by Gasteiger charge is 2.40. The highest BCUT2D eigenvalue weighted by atomic mass is 16.5. The van der Waals surface area contributed by atoms with Crippen LogP contribution in [0.25, 0.3) is 0 Å². The molecule has 0 bridgehead atoms. The van der Waals surface area contributed by atoms with E-state index in [-0.39, 0.29) is 11.9 Å². The van der Waals surface area contributed by atoms with E-state index in [9.17, 15) is 9.90 Å². The molecule has 1 aliphatic carbocycles. The number of carbonyl (C=O) groups is 1. The van der Waals surface area contributed by atoms with Crippen LogP contribution in [0.3, 0.4) is 0 Å². The number of benzene rings is 2. The Labute approximate surface area is 161 Å². The van der Waals surface area contributed by atoms with E-state index >= 15 is 0 Å². The van der Waals surface area contributed by atoms with Gasteiger partial charge in [0.1, 0.15) is 5.75 Å². The van der Waals surface area contributed by atoms with Crippen molar-refractivity contribution in [3.05, 3.63) is 65.2 Å². The maximum atomic E-state index is 12.4. The molecule has 0 saturated heterocycles. The van der Waals surface area contributed by atoms with Crippen molar-refractivity contribution in [3.8, 4) is 5.75 Å². The van der Waals surface area contributed by atoms with Gasteiger partial charge in [0, 0.05) is 12.5 Å². The molecule has 4 heteroatoms. The van der Waals surface area contributed by atoms with E-state index in [1.165, 1.54) is 0 Å². The van der Waals surface area contributed by atoms with Crippen molar-refractivity contribution in [2.45, 2.75) is 38.2 Å². The molecular formula is C23H29NO3. The molecule has 0 heterocycles. The molecule has 0 aliphatic heterocycles. The third-order valence-corrected chi connectivity index (χ3v) is 5.45. The van der Waals surface area contributed by atoms with Gasteiger partial charge in [0.15, 0.2) is 0 Å². The van der Waals surface area contributed by atoms with Gasteiger partial charge in [0.2, 0.25) is 0 Å². The van der Waals surface area contributed by atoms with Gasteiger partial charge in [-0.3, -0.25) is 0 Å². The average Bonchev–Trinajstić information content (AvgIpc) is 2.64. The first-order chi connectivity index (χ1) is 12.9. The molecule has 1 fully saturated rings. The average molecular weight is 367 g/mol. The van der Waals surface area contributed by atoms with Crippen LogP contribution in [0, 0.1) is 12.8 Å². The Morgan fingerprint density at radius 2 is 1.93 bits per heavy atom. The van der Waals surface area contributed by atoms with Crippen molar-refractivity contribution >= 4 is 5.97 Å². The summed E-state index contributed by atoms with van der Waals surface area (Å²) >= 11 is 0. The van der Waals surface area contributed by atoms with Gasteiger partial charge in [0.25, 0.3) is 0 Å². The fourth-order valence-corrected chi connectivity index (χ4v) is 3.98. The van der Waals surface area contributed by atoms with Crippen LogP contribution in [0.15, 0.2) is 48.5 Å². The Kier molecular flexibility index (Phi) is 5.98. The SMILES string of the molecule is Cc1ccc(C(=O)Oc2cccc(C3(O)CCCCC3CN(C)C)c2)cc1. The molecule has 0 spiro atoms. The number of aliphatic hydroxyl groups is 1. The molecule has 0 amide bonds. The first-order valence-electron chi connectivity index (χ1n) is 9.65. The summed E-state index contributed by atoms with van der Waals surface area (Å²) in [5.74, 6) is 0.262. The summed E-state index contributed by atoms with van der Waals surface area (Å²) in [7, 11) is 4.07. The van der Waals surface area contributed by atoms with Gasteiger partial charge < -0.3 is 14.7 Å². The molecular weight excluding hydrogens is 338 g/mol. The minimum atomic E-state index is -0.880. The van der Waals surface area contributed by atoms with Crippen LogP contribution < -0.4 is 4.74 Å². The minimum Gasteiger partial charge on any atom is -0.423 e. The van der Waals surface area contributed by atoms with Crippen LogP contribution in [0.4, 0.5) is 0 Å². The van der Waals surface area contributed by atoms with Crippen LogP contribution in [-0.2, 0) is 5.60 Å². The minimum absolute atomic E-state index is 0.171. The number of aryl methyl sites for hydroxylation is 1. The van der Waals surface area contributed by atoms with Gasteiger partial charge in [-0.2, -0.15) is 0 Å². The summed E-state index contributed by atoms with van der Waals surface area (Å²) in [4.78, 5) is 14.5. The predicted octanol–water partition coefficient (Wildman–Crippen LogP) is 4.15. The molecule has 27 heavy (non-hydrogen) atoms. The fraction of sp³-hybridized carbons (Fsp3) is 0.435. The number of nitrogens with zero attached hydrogens (tertiary/aromatic N) is 1. The van der Waals surface area contributed by atoms with Crippen LogP contribution in [0.1, 0.15) is 47.2 Å². The molecule has 0 radical (unpaired) electrons. The highest BCUT2D eigenvalue weighted by molar-refractivity contribution is 5.91. The molecule has 2 unspecified atom stereocenters. The summed E-state index contributed by atoms with van der Waals surface area (Å²) in [6.45, 7) is 2.82. The Balaban J connectivity index is 1.81. The van der Waals surface area contributed by atoms with Crippen molar-refractivity contribution in [1.82, 2.24) is 4.90 Å². The maximum Gasteiger partial charge on any atom is 0.343 e. The zero-order valence-corrected chi connectivity index (χ0v) is 16.4. The van der Waals surface area contributed by atoms with Gasteiger partial charge in [0.05, 0.1) is 11.2 Å². The number of hydrogen-bond donors (Lipinski definition) is 1. The van der Waals surface area contributed by atoms with Gasteiger partial charge in [-0.1, -0.05) is 42.7 Å². The van der Waals surface area contributed by atoms with Crippen molar-refractivity contribution in [1.29, 1.82) is 0 Å². The summed E-state index contributed by atoms with van der Waals surface area (Å²) in [5.41, 5.74) is 1.57. The summed E-state index contributed by atoms with van der Waals surface area (Å²) in [6.07, 6.45) is 3.89. The largest absolute Gasteiger partial charge is 0.423 e. The quantitative estimate of drug-likeness (QED) is 0.637. The third kappa shape index (κ3) is 4.57. The van der Waals surface area contributed by atoms with Crippen LogP contribution >= 0.6 is 0 Å². The van der Waals surface area contributed by atoms with E-state index in [1.54, 1.807) is 18.2 Å². The number of esters is 1. The second-order valence-electron chi connectivity index (χ2n) is 7.91. The van der Waals surface area contributed by atoms with Crippen molar-refractivity contribution in [2.24, 2.45) is 5.92 Å². The van der Waals surface area contributed by atoms with E-state index in [0.29, 0.717) is 11.3 Å². The lowest BCUT2D eigenvalue weighted by Crippen LogP contribution is -2.43. The van der Waals surface area contributed by atoms with Crippen LogP contribution in [0.5, 0.6) is 5.75 Å². The van der Waals surface area contributed by atoms with E-state index in [4.69, 9.17) is 4.74 Å². The zero-order chi connectivity index (χ0) is 19.4. The van der Waals surface area contributed by atoms with Gasteiger partial charge in [-0.15, -0.1) is 0 Å². The van der Waals surface area contributed by atoms with Crippen LogP contribution in [0.2, 0.25) is 0 Å². The topological polar surface area (TPSA) is 49.8 Å². The summed E-state index contributed by atoms with van der Waals surface area (Å²) in [5, 5.41) is 11.5. The molecule has 2 atom stereocenters. The highest BCUT2D eigenvalue weighted by Crippen LogP contribution is 2.42. The molecule has 2 aromatic rings. The number of rotatable bonds is 5. The summed E-state index contributed by atoms with van der Waals surface area (Å²) < 4.78 is 5.57. The lowest BCUT2D eigenvalue weighted by atomic mass is 9.71. The molecule has 144 valence electrons. The molecule has 3 rings (SSSR count). The van der Waals surface area contributed by atoms with E-state index in [1.807, 2.05) is 51.4 Å². The van der Waals surface area contributed by atoms with Gasteiger partial charge in [-0.05, 0) is 63.7 Å². The third-order valence-electron chi connectivity index (χ3n) is 5.45. The lowest BCUT2D eigenvalue weighted by Gasteiger charge is -2.41. The van der Waals surface area contributed by atoms with E-state index in [0.717, 1.165) is 43.4 Å². The second kappa shape index (κ2) is 8.24. The number of carbonyl (C=O) groups excluding carboxylic acids is 1. The monoisotopic (exact) mass is 367 g/mol. The molecule has 1 aliphatic rings. The smallest absolute Gasteiger partial charge is 0.343 e. The standard InChI is InChI=1S/C23H29NO3/c1-17-10-12-18(13-11-17)22(25)27-21-9-6-8-19(15-21)23(26)14-5-4-7-20(23)16-24(2)3/h6,8-13,15,20,26H,4-5,7,14,16H2,1-3H3.